The van der Waals surface area contributed by atoms with E-state index in [0.717, 1.165) is 0 Å². The van der Waals surface area contributed by atoms with Gasteiger partial charge in [-0.3, -0.25) is 4.79 Å². The third-order valence-electron chi connectivity index (χ3n) is 1.19. The molecule has 1 unspecified atom stereocenters. The van der Waals surface area contributed by atoms with E-state index in [4.69, 9.17) is 4.74 Å². The van der Waals surface area contributed by atoms with E-state index in [1.807, 2.05) is 20.8 Å². The molecule has 0 bridgehead atoms. The first kappa shape index (κ1) is 14.3. The molecule has 0 spiro atoms. The number of carbonyl (C=O) groups is 1. The fourth-order valence-electron chi connectivity index (χ4n) is 0.508. The molecule has 0 aliphatic carbocycles. The molecule has 0 rings (SSSR count). The highest BCUT2D eigenvalue weighted by molar-refractivity contribution is 5.85. The SMILES string of the molecule is CNC(C)C(=O)OC(C)(C)C.Cl. The minimum Gasteiger partial charge on any atom is -0.459 e. The van der Waals surface area contributed by atoms with Crippen molar-refractivity contribution in [3.63, 3.8) is 0 Å². The van der Waals surface area contributed by atoms with Gasteiger partial charge in [0.1, 0.15) is 11.6 Å². The number of halogens is 1. The second kappa shape index (κ2) is 5.38. The van der Waals surface area contributed by atoms with Crippen LogP contribution in [0.25, 0.3) is 0 Å². The Labute approximate surface area is 80.3 Å². The summed E-state index contributed by atoms with van der Waals surface area (Å²) in [6, 6.07) is -0.228. The van der Waals surface area contributed by atoms with Gasteiger partial charge in [-0.05, 0) is 34.7 Å². The van der Waals surface area contributed by atoms with Gasteiger partial charge in [0.25, 0.3) is 0 Å². The third kappa shape index (κ3) is 6.43. The number of likely N-dealkylation sites (N-methyl/N-ethyl adjacent to an activating group) is 1. The fraction of sp³-hybridized carbons (Fsp3) is 0.875. The maximum absolute atomic E-state index is 11.1. The molecule has 0 aromatic rings. The lowest BCUT2D eigenvalue weighted by Gasteiger charge is -2.21. The van der Waals surface area contributed by atoms with Crippen molar-refractivity contribution in [2.75, 3.05) is 7.05 Å². The Morgan fingerprint density at radius 2 is 1.83 bits per heavy atom. The van der Waals surface area contributed by atoms with Crippen molar-refractivity contribution >= 4 is 18.4 Å². The predicted molar refractivity (Wildman–Crippen MR) is 51.6 cm³/mol. The van der Waals surface area contributed by atoms with E-state index >= 15 is 0 Å². The van der Waals surface area contributed by atoms with Crippen LogP contribution in [0.15, 0.2) is 0 Å². The van der Waals surface area contributed by atoms with Crippen LogP contribution in [0.2, 0.25) is 0 Å². The zero-order chi connectivity index (χ0) is 9.07. The van der Waals surface area contributed by atoms with E-state index in [1.165, 1.54) is 0 Å². The van der Waals surface area contributed by atoms with Gasteiger partial charge in [0.2, 0.25) is 0 Å². The number of nitrogens with one attached hydrogen (secondary N) is 1. The number of ether oxygens (including phenoxy) is 1. The number of esters is 1. The highest BCUT2D eigenvalue weighted by atomic mass is 35.5. The van der Waals surface area contributed by atoms with Crippen LogP contribution in [-0.2, 0) is 9.53 Å². The second-order valence-electron chi connectivity index (χ2n) is 3.54. The number of hydrogen-bond donors (Lipinski definition) is 1. The van der Waals surface area contributed by atoms with E-state index in [1.54, 1.807) is 14.0 Å². The molecule has 0 amide bonds. The van der Waals surface area contributed by atoms with Gasteiger partial charge in [0.05, 0.1) is 0 Å². The molecule has 3 nitrogen and oxygen atoms in total. The van der Waals surface area contributed by atoms with E-state index < -0.39 is 0 Å². The Hall–Kier alpha value is -0.280. The number of hydrogen-bond acceptors (Lipinski definition) is 3. The molecule has 12 heavy (non-hydrogen) atoms. The van der Waals surface area contributed by atoms with Crippen LogP contribution in [0, 0.1) is 0 Å². The quantitative estimate of drug-likeness (QED) is 0.677. The van der Waals surface area contributed by atoms with Gasteiger partial charge in [0, 0.05) is 0 Å². The number of rotatable bonds is 2. The highest BCUT2D eigenvalue weighted by Crippen LogP contribution is 2.07. The lowest BCUT2D eigenvalue weighted by atomic mass is 10.2. The van der Waals surface area contributed by atoms with E-state index in [9.17, 15) is 4.79 Å². The smallest absolute Gasteiger partial charge is 0.323 e. The molecule has 0 heterocycles. The van der Waals surface area contributed by atoms with Crippen LogP contribution < -0.4 is 5.32 Å². The predicted octanol–water partition coefficient (Wildman–Crippen LogP) is 1.36. The monoisotopic (exact) mass is 195 g/mol. The Balaban J connectivity index is 0. The van der Waals surface area contributed by atoms with Crippen LogP contribution >= 0.6 is 12.4 Å². The van der Waals surface area contributed by atoms with Gasteiger partial charge in [-0.15, -0.1) is 12.4 Å². The van der Waals surface area contributed by atoms with Gasteiger partial charge in [-0.25, -0.2) is 0 Å². The van der Waals surface area contributed by atoms with Gasteiger partial charge >= 0.3 is 5.97 Å². The molecule has 0 aliphatic heterocycles. The average molecular weight is 196 g/mol. The maximum Gasteiger partial charge on any atom is 0.323 e. The summed E-state index contributed by atoms with van der Waals surface area (Å²) in [5.74, 6) is -0.208. The van der Waals surface area contributed by atoms with Crippen LogP contribution in [0.1, 0.15) is 27.7 Å². The molecule has 0 aromatic heterocycles. The minimum atomic E-state index is -0.387. The fourth-order valence-corrected chi connectivity index (χ4v) is 0.508. The Kier molecular flexibility index (Phi) is 6.39. The van der Waals surface area contributed by atoms with Crippen molar-refractivity contribution in [1.82, 2.24) is 5.32 Å². The molecule has 74 valence electrons. The summed E-state index contributed by atoms with van der Waals surface area (Å²) < 4.78 is 5.09. The first-order valence-corrected chi connectivity index (χ1v) is 3.77. The summed E-state index contributed by atoms with van der Waals surface area (Å²) in [6.45, 7) is 7.34. The van der Waals surface area contributed by atoms with Crippen molar-refractivity contribution in [3.05, 3.63) is 0 Å². The molecule has 0 saturated heterocycles. The van der Waals surface area contributed by atoms with Crippen LogP contribution in [-0.4, -0.2) is 24.7 Å². The summed E-state index contributed by atoms with van der Waals surface area (Å²) in [6.07, 6.45) is 0. The van der Waals surface area contributed by atoms with Gasteiger partial charge < -0.3 is 10.1 Å². The molecule has 1 N–H and O–H groups in total. The van der Waals surface area contributed by atoms with Crippen LogP contribution in [0.5, 0.6) is 0 Å². The first-order chi connectivity index (χ1) is 4.87. The van der Waals surface area contributed by atoms with Crippen molar-refractivity contribution in [2.45, 2.75) is 39.3 Å². The highest BCUT2D eigenvalue weighted by Gasteiger charge is 2.19. The summed E-state index contributed by atoms with van der Waals surface area (Å²) in [4.78, 5) is 11.1. The Morgan fingerprint density at radius 3 is 2.08 bits per heavy atom. The van der Waals surface area contributed by atoms with Gasteiger partial charge in [-0.2, -0.15) is 0 Å². The minimum absolute atomic E-state index is 0. The average Bonchev–Trinajstić information content (AvgIpc) is 1.82. The number of carbonyl (C=O) groups excluding carboxylic acids is 1. The van der Waals surface area contributed by atoms with E-state index in [2.05, 4.69) is 5.32 Å². The Bertz CT molecular complexity index is 142. The summed E-state index contributed by atoms with van der Waals surface area (Å²) in [5, 5.41) is 2.81. The maximum atomic E-state index is 11.1. The van der Waals surface area contributed by atoms with Crippen LogP contribution in [0.4, 0.5) is 0 Å². The molecule has 0 radical (unpaired) electrons. The zero-order valence-electron chi connectivity index (χ0n) is 8.30. The normalized spacial score (nSPS) is 13.1. The standard InChI is InChI=1S/C8H17NO2.ClH/c1-6(9-5)7(10)11-8(2,3)4;/h6,9H,1-5H3;1H. The molecule has 0 saturated carbocycles. The van der Waals surface area contributed by atoms with Crippen molar-refractivity contribution < 1.29 is 9.53 Å². The molecule has 0 aromatic carbocycles. The van der Waals surface area contributed by atoms with Crippen molar-refractivity contribution in [1.29, 1.82) is 0 Å². The lowest BCUT2D eigenvalue weighted by molar-refractivity contribution is -0.156. The van der Waals surface area contributed by atoms with Crippen LogP contribution in [0.3, 0.4) is 0 Å². The third-order valence-corrected chi connectivity index (χ3v) is 1.19. The van der Waals surface area contributed by atoms with E-state index in [-0.39, 0.29) is 30.0 Å². The lowest BCUT2D eigenvalue weighted by Crippen LogP contribution is -2.37. The molecular weight excluding hydrogens is 178 g/mol. The summed E-state index contributed by atoms with van der Waals surface area (Å²) in [5.41, 5.74) is -0.387. The molecular formula is C8H18ClNO2. The largest absolute Gasteiger partial charge is 0.459 e. The van der Waals surface area contributed by atoms with Gasteiger partial charge in [0.15, 0.2) is 0 Å². The van der Waals surface area contributed by atoms with Crippen molar-refractivity contribution in [2.24, 2.45) is 0 Å². The van der Waals surface area contributed by atoms with Crippen molar-refractivity contribution in [3.8, 4) is 0 Å². The Morgan fingerprint density at radius 1 is 1.42 bits per heavy atom. The first-order valence-electron chi connectivity index (χ1n) is 3.77. The second-order valence-corrected chi connectivity index (χ2v) is 3.54. The summed E-state index contributed by atoms with van der Waals surface area (Å²) >= 11 is 0. The van der Waals surface area contributed by atoms with E-state index in [0.29, 0.717) is 0 Å². The zero-order valence-corrected chi connectivity index (χ0v) is 9.12. The molecule has 1 atom stereocenters. The molecule has 0 aliphatic rings. The topological polar surface area (TPSA) is 38.3 Å². The molecule has 0 fully saturated rings. The molecule has 4 heteroatoms. The summed E-state index contributed by atoms with van der Waals surface area (Å²) in [7, 11) is 1.73. The van der Waals surface area contributed by atoms with Gasteiger partial charge in [-0.1, -0.05) is 0 Å².